The molecule has 2 heterocycles. The molecule has 1 aromatic rings. The van der Waals surface area contributed by atoms with Gasteiger partial charge in [0.15, 0.2) is 0 Å². The standard InChI is InChI=1S/C14H23N3O2S/c1-14(2,3)11-9-20-12(17-11)4-5-16-13(18)10-8-15-6-7-19-10/h9-10,15H,4-8H2,1-3H3,(H,16,18). The first-order valence-electron chi connectivity index (χ1n) is 7.02. The number of hydrogen-bond acceptors (Lipinski definition) is 5. The van der Waals surface area contributed by atoms with Gasteiger partial charge in [-0.3, -0.25) is 4.79 Å². The molecule has 2 rings (SSSR count). The second kappa shape index (κ2) is 6.65. The molecule has 5 nitrogen and oxygen atoms in total. The Bertz CT molecular complexity index is 448. The SMILES string of the molecule is CC(C)(C)c1csc(CCNC(=O)C2CNCCO2)n1. The summed E-state index contributed by atoms with van der Waals surface area (Å²) in [5, 5.41) is 9.23. The van der Waals surface area contributed by atoms with E-state index in [0.29, 0.717) is 19.7 Å². The van der Waals surface area contributed by atoms with Crippen molar-refractivity contribution in [1.82, 2.24) is 15.6 Å². The minimum atomic E-state index is -0.356. The smallest absolute Gasteiger partial charge is 0.250 e. The lowest BCUT2D eigenvalue weighted by Gasteiger charge is -2.22. The van der Waals surface area contributed by atoms with Crippen LogP contribution in [-0.2, 0) is 21.4 Å². The normalized spacial score (nSPS) is 19.9. The fourth-order valence-electron chi connectivity index (χ4n) is 1.91. The number of nitrogens with one attached hydrogen (secondary N) is 2. The zero-order valence-corrected chi connectivity index (χ0v) is 13.2. The molecule has 6 heteroatoms. The number of thiazole rings is 1. The average Bonchev–Trinajstić information content (AvgIpc) is 2.88. The van der Waals surface area contributed by atoms with Gasteiger partial charge in [0, 0.05) is 36.9 Å². The molecule has 0 radical (unpaired) electrons. The summed E-state index contributed by atoms with van der Waals surface area (Å²) in [5.74, 6) is -0.0372. The highest BCUT2D eigenvalue weighted by atomic mass is 32.1. The van der Waals surface area contributed by atoms with Crippen LogP contribution in [0.3, 0.4) is 0 Å². The molecule has 1 saturated heterocycles. The molecule has 2 N–H and O–H groups in total. The van der Waals surface area contributed by atoms with E-state index in [9.17, 15) is 4.79 Å². The highest BCUT2D eigenvalue weighted by Gasteiger charge is 2.21. The predicted octanol–water partition coefficient (Wildman–Crippen LogP) is 1.09. The van der Waals surface area contributed by atoms with E-state index in [0.717, 1.165) is 23.7 Å². The van der Waals surface area contributed by atoms with Gasteiger partial charge in [-0.25, -0.2) is 4.98 Å². The van der Waals surface area contributed by atoms with Crippen LogP contribution in [0.5, 0.6) is 0 Å². The molecule has 112 valence electrons. The minimum Gasteiger partial charge on any atom is -0.366 e. The van der Waals surface area contributed by atoms with Crippen LogP contribution in [0.1, 0.15) is 31.5 Å². The molecular weight excluding hydrogens is 274 g/mol. The summed E-state index contributed by atoms with van der Waals surface area (Å²) < 4.78 is 5.40. The molecule has 1 aliphatic rings. The minimum absolute atomic E-state index is 0.0372. The van der Waals surface area contributed by atoms with Crippen LogP contribution in [0.2, 0.25) is 0 Å². The summed E-state index contributed by atoms with van der Waals surface area (Å²) in [4.78, 5) is 16.5. The topological polar surface area (TPSA) is 63.2 Å². The fourth-order valence-corrected chi connectivity index (χ4v) is 2.94. The third-order valence-electron chi connectivity index (χ3n) is 3.18. The average molecular weight is 297 g/mol. The number of carbonyl (C=O) groups excluding carboxylic acids is 1. The largest absolute Gasteiger partial charge is 0.366 e. The summed E-state index contributed by atoms with van der Waals surface area (Å²) in [5.41, 5.74) is 1.20. The van der Waals surface area contributed by atoms with Gasteiger partial charge in [-0.1, -0.05) is 20.8 Å². The van der Waals surface area contributed by atoms with Crippen LogP contribution in [0, 0.1) is 0 Å². The second-order valence-corrected chi connectivity index (χ2v) is 6.92. The molecule has 1 amide bonds. The van der Waals surface area contributed by atoms with E-state index in [1.54, 1.807) is 11.3 Å². The number of nitrogens with zero attached hydrogens (tertiary/aromatic N) is 1. The first kappa shape index (κ1) is 15.4. The number of rotatable bonds is 4. The van der Waals surface area contributed by atoms with Crippen molar-refractivity contribution in [2.75, 3.05) is 26.2 Å². The van der Waals surface area contributed by atoms with Crippen molar-refractivity contribution in [3.63, 3.8) is 0 Å². The third-order valence-corrected chi connectivity index (χ3v) is 4.09. The molecule has 1 atom stereocenters. The van der Waals surface area contributed by atoms with E-state index in [1.165, 1.54) is 0 Å². The van der Waals surface area contributed by atoms with Crippen LogP contribution in [0.25, 0.3) is 0 Å². The van der Waals surface area contributed by atoms with Crippen molar-refractivity contribution >= 4 is 17.2 Å². The molecule has 0 saturated carbocycles. The van der Waals surface area contributed by atoms with Crippen LogP contribution in [0.4, 0.5) is 0 Å². The summed E-state index contributed by atoms with van der Waals surface area (Å²) in [7, 11) is 0. The van der Waals surface area contributed by atoms with Crippen molar-refractivity contribution in [2.45, 2.75) is 38.7 Å². The van der Waals surface area contributed by atoms with Crippen molar-refractivity contribution in [3.05, 3.63) is 16.1 Å². The second-order valence-electron chi connectivity index (χ2n) is 5.98. The Hall–Kier alpha value is -0.980. The summed E-state index contributed by atoms with van der Waals surface area (Å²) in [6.07, 6.45) is 0.414. The highest BCUT2D eigenvalue weighted by molar-refractivity contribution is 7.09. The van der Waals surface area contributed by atoms with Crippen LogP contribution in [-0.4, -0.2) is 43.2 Å². The monoisotopic (exact) mass is 297 g/mol. The molecule has 1 aromatic heterocycles. The fraction of sp³-hybridized carbons (Fsp3) is 0.714. The van der Waals surface area contributed by atoms with Crippen molar-refractivity contribution in [2.24, 2.45) is 0 Å². The third kappa shape index (κ3) is 4.26. The quantitative estimate of drug-likeness (QED) is 0.873. The molecule has 0 aliphatic carbocycles. The maximum atomic E-state index is 11.9. The predicted molar refractivity (Wildman–Crippen MR) is 80.1 cm³/mol. The lowest BCUT2D eigenvalue weighted by atomic mass is 9.93. The van der Waals surface area contributed by atoms with Gasteiger partial charge in [-0.15, -0.1) is 11.3 Å². The Morgan fingerprint density at radius 2 is 2.40 bits per heavy atom. The van der Waals surface area contributed by atoms with E-state index >= 15 is 0 Å². The van der Waals surface area contributed by atoms with Gasteiger partial charge in [-0.05, 0) is 0 Å². The molecule has 0 spiro atoms. The molecule has 0 bridgehead atoms. The number of morpholine rings is 1. The summed E-state index contributed by atoms with van der Waals surface area (Å²) in [6.45, 7) is 9.08. The first-order valence-corrected chi connectivity index (χ1v) is 7.90. The van der Waals surface area contributed by atoms with Crippen LogP contribution in [0.15, 0.2) is 5.38 Å². The Kier molecular flexibility index (Phi) is 5.12. The van der Waals surface area contributed by atoms with Crippen molar-refractivity contribution in [1.29, 1.82) is 0 Å². The van der Waals surface area contributed by atoms with E-state index in [4.69, 9.17) is 4.74 Å². The van der Waals surface area contributed by atoms with Gasteiger partial charge in [0.1, 0.15) is 6.10 Å². The van der Waals surface area contributed by atoms with Crippen LogP contribution < -0.4 is 10.6 Å². The maximum absolute atomic E-state index is 11.9. The molecule has 1 fully saturated rings. The van der Waals surface area contributed by atoms with E-state index in [2.05, 4.69) is 41.8 Å². The molecule has 20 heavy (non-hydrogen) atoms. The Morgan fingerprint density at radius 3 is 3.00 bits per heavy atom. The lowest BCUT2D eigenvalue weighted by Crippen LogP contribution is -2.48. The number of carbonyl (C=O) groups is 1. The first-order chi connectivity index (χ1) is 9.47. The zero-order valence-electron chi connectivity index (χ0n) is 12.4. The van der Waals surface area contributed by atoms with Gasteiger partial charge in [-0.2, -0.15) is 0 Å². The summed E-state index contributed by atoms with van der Waals surface area (Å²) in [6, 6.07) is 0. The van der Waals surface area contributed by atoms with Gasteiger partial charge in [0.05, 0.1) is 17.3 Å². The number of amides is 1. The maximum Gasteiger partial charge on any atom is 0.250 e. The van der Waals surface area contributed by atoms with Gasteiger partial charge >= 0.3 is 0 Å². The van der Waals surface area contributed by atoms with Crippen molar-refractivity contribution in [3.8, 4) is 0 Å². The van der Waals surface area contributed by atoms with E-state index in [1.807, 2.05) is 0 Å². The van der Waals surface area contributed by atoms with E-state index < -0.39 is 0 Å². The summed E-state index contributed by atoms with van der Waals surface area (Å²) >= 11 is 1.66. The van der Waals surface area contributed by atoms with E-state index in [-0.39, 0.29) is 17.4 Å². The molecule has 0 aromatic carbocycles. The Labute approximate surface area is 124 Å². The molecule has 1 unspecified atom stereocenters. The number of aromatic nitrogens is 1. The van der Waals surface area contributed by atoms with Crippen molar-refractivity contribution < 1.29 is 9.53 Å². The highest BCUT2D eigenvalue weighted by Crippen LogP contribution is 2.23. The van der Waals surface area contributed by atoms with Crippen LogP contribution >= 0.6 is 11.3 Å². The molecular formula is C14H23N3O2S. The number of ether oxygens (including phenoxy) is 1. The Balaban J connectivity index is 1.75. The van der Waals surface area contributed by atoms with Gasteiger partial charge in [0.2, 0.25) is 5.91 Å². The van der Waals surface area contributed by atoms with Gasteiger partial charge < -0.3 is 15.4 Å². The number of hydrogen-bond donors (Lipinski definition) is 2. The zero-order chi connectivity index (χ0) is 14.6. The lowest BCUT2D eigenvalue weighted by molar-refractivity contribution is -0.134. The Morgan fingerprint density at radius 1 is 1.60 bits per heavy atom. The molecule has 1 aliphatic heterocycles. The van der Waals surface area contributed by atoms with Gasteiger partial charge in [0.25, 0.3) is 0 Å².